The Bertz CT molecular complexity index is 1590. The van der Waals surface area contributed by atoms with Gasteiger partial charge in [-0.3, -0.25) is 4.79 Å². The summed E-state index contributed by atoms with van der Waals surface area (Å²) >= 11 is 0. The van der Waals surface area contributed by atoms with Gasteiger partial charge >= 0.3 is 0 Å². The third-order valence-electron chi connectivity index (χ3n) is 6.93. The van der Waals surface area contributed by atoms with Crippen LogP contribution in [0.5, 0.6) is 11.5 Å². The Kier molecular flexibility index (Phi) is 6.66. The van der Waals surface area contributed by atoms with E-state index < -0.39 is 0 Å². The Labute approximate surface area is 216 Å². The number of H-pyrrole nitrogens is 1. The molecule has 37 heavy (non-hydrogen) atoms. The van der Waals surface area contributed by atoms with Crippen LogP contribution in [0.15, 0.2) is 65.2 Å². The van der Waals surface area contributed by atoms with Gasteiger partial charge in [0, 0.05) is 40.5 Å². The monoisotopic (exact) mass is 496 g/mol. The number of ether oxygens (including phenoxy) is 2. The summed E-state index contributed by atoms with van der Waals surface area (Å²) in [6.07, 6.45) is 2.02. The van der Waals surface area contributed by atoms with Crippen LogP contribution in [0, 0.1) is 20.8 Å². The van der Waals surface area contributed by atoms with Crippen LogP contribution in [0.25, 0.3) is 21.9 Å². The van der Waals surface area contributed by atoms with Crippen LogP contribution in [0.3, 0.4) is 0 Å². The van der Waals surface area contributed by atoms with Gasteiger partial charge in [0.05, 0.1) is 13.7 Å². The Morgan fingerprint density at radius 2 is 1.86 bits per heavy atom. The Morgan fingerprint density at radius 3 is 2.65 bits per heavy atom. The van der Waals surface area contributed by atoms with Crippen molar-refractivity contribution in [3.8, 4) is 11.5 Å². The van der Waals surface area contributed by atoms with E-state index in [4.69, 9.17) is 13.9 Å². The zero-order valence-electron chi connectivity index (χ0n) is 21.9. The fourth-order valence-electron chi connectivity index (χ4n) is 5.25. The quantitative estimate of drug-likeness (QED) is 0.247. The maximum atomic E-state index is 13.4. The highest BCUT2D eigenvalue weighted by Crippen LogP contribution is 2.36. The van der Waals surface area contributed by atoms with Crippen LogP contribution < -0.4 is 14.8 Å². The fraction of sp³-hybridized carbons (Fsp3) is 0.258. The third-order valence-corrected chi connectivity index (χ3v) is 6.93. The van der Waals surface area contributed by atoms with E-state index in [-0.39, 0.29) is 11.8 Å². The molecule has 0 aliphatic heterocycles. The number of carbonyl (C=O) groups is 1. The summed E-state index contributed by atoms with van der Waals surface area (Å²) < 4.78 is 17.4. The average Bonchev–Trinajstić information content (AvgIpc) is 3.46. The van der Waals surface area contributed by atoms with Crippen molar-refractivity contribution in [3.63, 3.8) is 0 Å². The van der Waals surface area contributed by atoms with Gasteiger partial charge in [0.1, 0.15) is 5.58 Å². The van der Waals surface area contributed by atoms with E-state index >= 15 is 0 Å². The molecule has 0 saturated carbocycles. The number of methoxy groups -OCH3 is 1. The van der Waals surface area contributed by atoms with Gasteiger partial charge in [-0.15, -0.1) is 0 Å². The number of fused-ring (bicyclic) bond motifs is 2. The second kappa shape index (κ2) is 10.1. The first-order chi connectivity index (χ1) is 17.9. The van der Waals surface area contributed by atoms with Crippen LogP contribution in [-0.4, -0.2) is 31.2 Å². The molecule has 0 spiro atoms. The number of aryl methyl sites for hydroxylation is 3. The number of carbonyl (C=O) groups excluding carboxylic acids is 1. The molecule has 190 valence electrons. The summed E-state index contributed by atoms with van der Waals surface area (Å²) in [6.45, 7) is 8.89. The number of hydrogen-bond donors (Lipinski definition) is 2. The highest BCUT2D eigenvalue weighted by atomic mass is 16.5. The summed E-state index contributed by atoms with van der Waals surface area (Å²) in [5, 5.41) is 5.26. The zero-order chi connectivity index (χ0) is 26.1. The molecule has 6 heteroatoms. The van der Waals surface area contributed by atoms with Crippen molar-refractivity contribution in [1.29, 1.82) is 0 Å². The number of furan rings is 1. The van der Waals surface area contributed by atoms with Gasteiger partial charge in [0.15, 0.2) is 17.3 Å². The van der Waals surface area contributed by atoms with Crippen LogP contribution in [0.4, 0.5) is 0 Å². The molecule has 5 aromatic rings. The molecule has 0 radical (unpaired) electrons. The van der Waals surface area contributed by atoms with Crippen molar-refractivity contribution in [1.82, 2.24) is 10.3 Å². The first-order valence-electron chi connectivity index (χ1n) is 12.6. The molecule has 0 bridgehead atoms. The van der Waals surface area contributed by atoms with E-state index in [1.807, 2.05) is 70.3 Å². The second-order valence-corrected chi connectivity index (χ2v) is 9.41. The zero-order valence-corrected chi connectivity index (χ0v) is 21.9. The number of amides is 1. The fourth-order valence-corrected chi connectivity index (χ4v) is 5.25. The topological polar surface area (TPSA) is 76.5 Å². The number of nitrogens with one attached hydrogen (secondary N) is 2. The number of benzene rings is 3. The first kappa shape index (κ1) is 24.5. The van der Waals surface area contributed by atoms with Crippen molar-refractivity contribution >= 4 is 27.8 Å². The largest absolute Gasteiger partial charge is 0.493 e. The maximum Gasteiger partial charge on any atom is 0.287 e. The van der Waals surface area contributed by atoms with E-state index in [0.717, 1.165) is 49.7 Å². The second-order valence-electron chi connectivity index (χ2n) is 9.41. The van der Waals surface area contributed by atoms with Crippen LogP contribution in [0.2, 0.25) is 0 Å². The minimum Gasteiger partial charge on any atom is -0.493 e. The molecule has 6 nitrogen and oxygen atoms in total. The molecule has 0 saturated heterocycles. The molecular weight excluding hydrogens is 464 g/mol. The van der Waals surface area contributed by atoms with Gasteiger partial charge in [-0.05, 0) is 74.2 Å². The highest BCUT2D eigenvalue weighted by Gasteiger charge is 2.24. The highest BCUT2D eigenvalue weighted by molar-refractivity contribution is 6.00. The van der Waals surface area contributed by atoms with Crippen LogP contribution in [0.1, 0.15) is 51.2 Å². The molecule has 2 heterocycles. The lowest BCUT2D eigenvalue weighted by Gasteiger charge is -2.20. The van der Waals surface area contributed by atoms with Gasteiger partial charge in [-0.1, -0.05) is 30.3 Å². The SMILES string of the molecule is CCOc1ccc([C@@H](CNC(=O)c2oc3cc(C)cc(C)c3c2C)c2c[nH]c3ccccc23)cc1OC. The van der Waals surface area contributed by atoms with Gasteiger partial charge in [-0.2, -0.15) is 0 Å². The predicted octanol–water partition coefficient (Wildman–Crippen LogP) is 6.81. The molecule has 5 rings (SSSR count). The van der Waals surface area contributed by atoms with Gasteiger partial charge in [0.2, 0.25) is 0 Å². The third kappa shape index (κ3) is 4.55. The number of aromatic nitrogens is 1. The summed E-state index contributed by atoms with van der Waals surface area (Å²) in [6, 6.07) is 18.2. The number of rotatable bonds is 8. The number of aromatic amines is 1. The normalized spacial score (nSPS) is 12.1. The average molecular weight is 497 g/mol. The van der Waals surface area contributed by atoms with Gasteiger partial charge in [-0.25, -0.2) is 0 Å². The van der Waals surface area contributed by atoms with E-state index in [0.29, 0.717) is 30.4 Å². The summed E-state index contributed by atoms with van der Waals surface area (Å²) in [7, 11) is 1.64. The molecule has 1 amide bonds. The van der Waals surface area contributed by atoms with Crippen molar-refractivity contribution in [3.05, 3.63) is 94.4 Å². The van der Waals surface area contributed by atoms with E-state index in [9.17, 15) is 4.79 Å². The van der Waals surface area contributed by atoms with Crippen molar-refractivity contribution in [2.45, 2.75) is 33.6 Å². The molecule has 2 aromatic heterocycles. The molecule has 0 fully saturated rings. The van der Waals surface area contributed by atoms with Crippen molar-refractivity contribution in [2.75, 3.05) is 20.3 Å². The lowest BCUT2D eigenvalue weighted by atomic mass is 9.90. The smallest absolute Gasteiger partial charge is 0.287 e. The van der Waals surface area contributed by atoms with Crippen LogP contribution in [-0.2, 0) is 0 Å². The van der Waals surface area contributed by atoms with E-state index in [1.165, 1.54) is 0 Å². The van der Waals surface area contributed by atoms with Crippen LogP contribution >= 0.6 is 0 Å². The van der Waals surface area contributed by atoms with E-state index in [2.05, 4.69) is 28.5 Å². The molecule has 1 atom stereocenters. The van der Waals surface area contributed by atoms with Gasteiger partial charge < -0.3 is 24.2 Å². The number of para-hydroxylation sites is 1. The van der Waals surface area contributed by atoms with E-state index in [1.54, 1.807) is 7.11 Å². The maximum absolute atomic E-state index is 13.4. The standard InChI is InChI=1S/C31H32N2O4/c1-6-36-26-12-11-21(15-27(26)35-5)23(24-17-32-25-10-8-7-9-22(24)25)16-33-31(34)30-20(4)29-19(3)13-18(2)14-28(29)37-30/h7-15,17,23,32H,6,16H2,1-5H3,(H,33,34)/t23-/m1/s1. The Morgan fingerprint density at radius 1 is 1.05 bits per heavy atom. The van der Waals surface area contributed by atoms with Gasteiger partial charge in [0.25, 0.3) is 5.91 Å². The summed E-state index contributed by atoms with van der Waals surface area (Å²) in [5.41, 5.74) is 6.96. The van der Waals surface area contributed by atoms with Crippen molar-refractivity contribution < 1.29 is 18.7 Å². The number of hydrogen-bond acceptors (Lipinski definition) is 4. The lowest BCUT2D eigenvalue weighted by molar-refractivity contribution is 0.0926. The van der Waals surface area contributed by atoms with Crippen molar-refractivity contribution in [2.24, 2.45) is 0 Å². The summed E-state index contributed by atoms with van der Waals surface area (Å²) in [5.74, 6) is 1.35. The predicted molar refractivity (Wildman–Crippen MR) is 147 cm³/mol. The molecule has 0 aliphatic carbocycles. The molecule has 0 aliphatic rings. The first-order valence-corrected chi connectivity index (χ1v) is 12.6. The molecular formula is C31H32N2O4. The molecule has 3 aromatic carbocycles. The Balaban J connectivity index is 1.51. The summed E-state index contributed by atoms with van der Waals surface area (Å²) in [4.78, 5) is 16.8. The minimum absolute atomic E-state index is 0.127. The molecule has 0 unspecified atom stereocenters. The lowest BCUT2D eigenvalue weighted by Crippen LogP contribution is -2.29. The minimum atomic E-state index is -0.228. The molecule has 2 N–H and O–H groups in total. The Hall–Kier alpha value is -4.19.